The minimum Gasteiger partial charge on any atom is -0.382 e. The van der Waals surface area contributed by atoms with Crippen LogP contribution in [0.4, 0.5) is 5.82 Å². The molecule has 1 rings (SSSR count). The van der Waals surface area contributed by atoms with Crippen LogP contribution >= 0.6 is 0 Å². The number of nitrogen functional groups attached to an aromatic ring is 1. The van der Waals surface area contributed by atoms with Gasteiger partial charge in [-0.05, 0) is 20.8 Å². The number of anilines is 1. The number of carbonyl (C=O) groups is 1. The molecular weight excluding hydrogens is 182 g/mol. The molecule has 6 nitrogen and oxygen atoms in total. The van der Waals surface area contributed by atoms with Gasteiger partial charge in [-0.3, -0.25) is 4.79 Å². The van der Waals surface area contributed by atoms with Gasteiger partial charge in [-0.15, -0.1) is 5.10 Å². The van der Waals surface area contributed by atoms with Crippen molar-refractivity contribution < 1.29 is 4.79 Å². The van der Waals surface area contributed by atoms with Crippen LogP contribution in [0, 0.1) is 0 Å². The second kappa shape index (κ2) is 3.28. The maximum Gasteiger partial charge on any atom is 0.276 e. The Balaban J connectivity index is 2.86. The Morgan fingerprint density at radius 3 is 2.43 bits per heavy atom. The molecule has 14 heavy (non-hydrogen) atoms. The zero-order chi connectivity index (χ0) is 10.9. The van der Waals surface area contributed by atoms with E-state index in [-0.39, 0.29) is 23.0 Å². The number of nitrogens with one attached hydrogen (secondary N) is 1. The Bertz CT molecular complexity index is 349. The first-order valence-electron chi connectivity index (χ1n) is 4.29. The van der Waals surface area contributed by atoms with Gasteiger partial charge in [-0.1, -0.05) is 5.21 Å². The van der Waals surface area contributed by atoms with Crippen molar-refractivity contribution in [3.63, 3.8) is 0 Å². The van der Waals surface area contributed by atoms with Gasteiger partial charge in [-0.25, -0.2) is 4.68 Å². The van der Waals surface area contributed by atoms with E-state index in [9.17, 15) is 4.79 Å². The Kier molecular flexibility index (Phi) is 2.46. The summed E-state index contributed by atoms with van der Waals surface area (Å²) < 4.78 is 1.36. The molecule has 78 valence electrons. The van der Waals surface area contributed by atoms with Gasteiger partial charge in [-0.2, -0.15) is 0 Å². The maximum absolute atomic E-state index is 11.6. The summed E-state index contributed by atoms with van der Waals surface area (Å²) in [6.07, 6.45) is 0. The van der Waals surface area contributed by atoms with Gasteiger partial charge in [0.05, 0.1) is 0 Å². The summed E-state index contributed by atoms with van der Waals surface area (Å²) in [5.41, 5.74) is 5.46. The Morgan fingerprint density at radius 1 is 1.50 bits per heavy atom. The third-order valence-corrected chi connectivity index (χ3v) is 1.57. The zero-order valence-corrected chi connectivity index (χ0v) is 8.83. The quantitative estimate of drug-likeness (QED) is 0.659. The van der Waals surface area contributed by atoms with Gasteiger partial charge in [0.2, 0.25) is 0 Å². The first-order valence-corrected chi connectivity index (χ1v) is 4.29. The van der Waals surface area contributed by atoms with Crippen molar-refractivity contribution in [2.75, 3.05) is 5.73 Å². The lowest BCUT2D eigenvalue weighted by Crippen LogP contribution is -2.41. The third-order valence-electron chi connectivity index (χ3n) is 1.57. The second-order valence-corrected chi connectivity index (χ2v) is 4.15. The topological polar surface area (TPSA) is 85.8 Å². The second-order valence-electron chi connectivity index (χ2n) is 4.15. The molecule has 0 saturated heterocycles. The molecule has 0 spiro atoms. The summed E-state index contributed by atoms with van der Waals surface area (Å²) in [6, 6.07) is 0. The van der Waals surface area contributed by atoms with E-state index in [1.54, 1.807) is 7.05 Å². The molecule has 0 bridgehead atoms. The highest BCUT2D eigenvalue weighted by atomic mass is 16.2. The van der Waals surface area contributed by atoms with Gasteiger partial charge < -0.3 is 11.1 Å². The summed E-state index contributed by atoms with van der Waals surface area (Å²) in [5, 5.41) is 10.1. The molecule has 0 aliphatic heterocycles. The van der Waals surface area contributed by atoms with E-state index in [2.05, 4.69) is 15.6 Å². The monoisotopic (exact) mass is 197 g/mol. The lowest BCUT2D eigenvalue weighted by atomic mass is 10.1. The van der Waals surface area contributed by atoms with E-state index in [0.29, 0.717) is 0 Å². The average Bonchev–Trinajstić information content (AvgIpc) is 2.29. The van der Waals surface area contributed by atoms with Crippen molar-refractivity contribution in [3.05, 3.63) is 5.69 Å². The molecule has 1 aromatic rings. The number of rotatable bonds is 1. The predicted octanol–water partition coefficient (Wildman–Crippen LogP) is -0.0744. The molecule has 1 aromatic heterocycles. The molecule has 1 heterocycles. The van der Waals surface area contributed by atoms with Crippen LogP contribution in [0.2, 0.25) is 0 Å². The summed E-state index contributed by atoms with van der Waals surface area (Å²) in [7, 11) is 1.64. The number of hydrogen-bond donors (Lipinski definition) is 2. The van der Waals surface area contributed by atoms with Gasteiger partial charge >= 0.3 is 0 Å². The third kappa shape index (κ3) is 2.21. The van der Waals surface area contributed by atoms with E-state index in [0.717, 1.165) is 0 Å². The highest BCUT2D eigenvalue weighted by Crippen LogP contribution is 2.07. The molecular formula is C8H15N5O. The van der Waals surface area contributed by atoms with E-state index in [4.69, 9.17) is 5.73 Å². The van der Waals surface area contributed by atoms with Gasteiger partial charge in [0.25, 0.3) is 5.91 Å². The summed E-state index contributed by atoms with van der Waals surface area (Å²) in [6.45, 7) is 5.66. The van der Waals surface area contributed by atoms with E-state index >= 15 is 0 Å². The minimum atomic E-state index is -0.305. The number of aryl methyl sites for hydroxylation is 1. The van der Waals surface area contributed by atoms with Crippen LogP contribution in [0.1, 0.15) is 31.3 Å². The first kappa shape index (κ1) is 10.5. The summed E-state index contributed by atoms with van der Waals surface area (Å²) in [5.74, 6) is -0.0325. The van der Waals surface area contributed by atoms with Crippen molar-refractivity contribution >= 4 is 11.7 Å². The van der Waals surface area contributed by atoms with Gasteiger partial charge in [0, 0.05) is 12.6 Å². The van der Waals surface area contributed by atoms with Crippen molar-refractivity contribution in [1.82, 2.24) is 20.3 Å². The maximum atomic E-state index is 11.6. The predicted molar refractivity (Wildman–Crippen MR) is 52.6 cm³/mol. The molecule has 0 saturated carbocycles. The molecule has 0 aromatic carbocycles. The molecule has 3 N–H and O–H groups in total. The van der Waals surface area contributed by atoms with Crippen LogP contribution in [0.15, 0.2) is 0 Å². The van der Waals surface area contributed by atoms with E-state index in [1.165, 1.54) is 4.68 Å². The van der Waals surface area contributed by atoms with Crippen LogP contribution in [-0.4, -0.2) is 26.4 Å². The number of carbonyl (C=O) groups excluding carboxylic acids is 1. The average molecular weight is 197 g/mol. The SMILES string of the molecule is Cn1nnc(C(=O)NC(C)(C)C)c1N. The van der Waals surface area contributed by atoms with Crippen LogP contribution < -0.4 is 11.1 Å². The normalized spacial score (nSPS) is 11.4. The van der Waals surface area contributed by atoms with Crippen LogP contribution in [0.25, 0.3) is 0 Å². The van der Waals surface area contributed by atoms with Gasteiger partial charge in [0.1, 0.15) is 0 Å². The summed E-state index contributed by atoms with van der Waals surface area (Å²) >= 11 is 0. The largest absolute Gasteiger partial charge is 0.382 e. The molecule has 6 heteroatoms. The molecule has 0 aliphatic carbocycles. The summed E-state index contributed by atoms with van der Waals surface area (Å²) in [4.78, 5) is 11.6. The van der Waals surface area contributed by atoms with Crippen molar-refractivity contribution in [1.29, 1.82) is 0 Å². The number of hydrogen-bond acceptors (Lipinski definition) is 4. The fraction of sp³-hybridized carbons (Fsp3) is 0.625. The Labute approximate surface area is 82.5 Å². The number of amides is 1. The Hall–Kier alpha value is -1.59. The standard InChI is InChI=1S/C8H15N5O/c1-8(2,3)10-7(14)5-6(9)13(4)12-11-5/h9H2,1-4H3,(H,10,14). The highest BCUT2D eigenvalue weighted by molar-refractivity contribution is 5.96. The van der Waals surface area contributed by atoms with Gasteiger partial charge in [0.15, 0.2) is 11.5 Å². The smallest absolute Gasteiger partial charge is 0.276 e. The zero-order valence-electron chi connectivity index (χ0n) is 8.83. The molecule has 0 unspecified atom stereocenters. The molecule has 0 aliphatic rings. The fourth-order valence-corrected chi connectivity index (χ4v) is 0.926. The lowest BCUT2D eigenvalue weighted by Gasteiger charge is -2.19. The van der Waals surface area contributed by atoms with E-state index in [1.807, 2.05) is 20.8 Å². The fourth-order valence-electron chi connectivity index (χ4n) is 0.926. The van der Waals surface area contributed by atoms with Crippen molar-refractivity contribution in [2.24, 2.45) is 7.05 Å². The lowest BCUT2D eigenvalue weighted by molar-refractivity contribution is 0.0915. The van der Waals surface area contributed by atoms with Crippen LogP contribution in [-0.2, 0) is 7.05 Å². The van der Waals surface area contributed by atoms with Crippen LogP contribution in [0.3, 0.4) is 0 Å². The number of nitrogens with zero attached hydrogens (tertiary/aromatic N) is 3. The molecule has 1 amide bonds. The molecule has 0 radical (unpaired) electrons. The number of aromatic nitrogens is 3. The Morgan fingerprint density at radius 2 is 2.07 bits per heavy atom. The highest BCUT2D eigenvalue weighted by Gasteiger charge is 2.20. The van der Waals surface area contributed by atoms with Crippen LogP contribution in [0.5, 0.6) is 0 Å². The van der Waals surface area contributed by atoms with Crippen molar-refractivity contribution in [3.8, 4) is 0 Å². The molecule has 0 fully saturated rings. The minimum absolute atomic E-state index is 0.169. The van der Waals surface area contributed by atoms with Crippen molar-refractivity contribution in [2.45, 2.75) is 26.3 Å². The molecule has 0 atom stereocenters. The number of nitrogens with two attached hydrogens (primary N) is 1. The van der Waals surface area contributed by atoms with E-state index < -0.39 is 0 Å². The first-order chi connectivity index (χ1) is 6.31.